The summed E-state index contributed by atoms with van der Waals surface area (Å²) in [7, 11) is 0. The van der Waals surface area contributed by atoms with Crippen LogP contribution in [0.2, 0.25) is 0 Å². The van der Waals surface area contributed by atoms with Crippen molar-refractivity contribution in [3.05, 3.63) is 161 Å². The molecule has 1 aromatic heterocycles. The van der Waals surface area contributed by atoms with Crippen LogP contribution in [0.4, 0.5) is 0 Å². The van der Waals surface area contributed by atoms with Crippen LogP contribution in [0.25, 0.3) is 39.5 Å². The number of aliphatic imine (C=N–C) groups is 2. The fourth-order valence-electron chi connectivity index (χ4n) is 11.5. The first kappa shape index (κ1) is 34.4. The Morgan fingerprint density at radius 3 is 2.62 bits per heavy atom. The summed E-state index contributed by atoms with van der Waals surface area (Å²) in [5.74, 6) is 3.79. The van der Waals surface area contributed by atoms with Crippen LogP contribution < -0.4 is 5.32 Å². The molecule has 1 N–H and O–H groups in total. The van der Waals surface area contributed by atoms with Gasteiger partial charge >= 0.3 is 0 Å². The summed E-state index contributed by atoms with van der Waals surface area (Å²) >= 11 is 0. The third kappa shape index (κ3) is 5.64. The largest absolute Gasteiger partial charge is 0.345 e. The number of nitrogens with one attached hydrogen (secondary N) is 1. The van der Waals surface area contributed by atoms with Crippen LogP contribution in [0.15, 0.2) is 148 Å². The predicted molar refractivity (Wildman–Crippen MR) is 241 cm³/mol. The zero-order valence-corrected chi connectivity index (χ0v) is 33.2. The fourth-order valence-corrected chi connectivity index (χ4v) is 11.5. The molecule has 6 unspecified atom stereocenters. The van der Waals surface area contributed by atoms with Gasteiger partial charge in [-0.1, -0.05) is 103 Å². The van der Waals surface area contributed by atoms with Crippen LogP contribution in [0.3, 0.4) is 0 Å². The van der Waals surface area contributed by atoms with E-state index in [-0.39, 0.29) is 12.1 Å². The van der Waals surface area contributed by atoms with Gasteiger partial charge in [-0.25, -0.2) is 9.98 Å². The minimum atomic E-state index is -0.160. The van der Waals surface area contributed by atoms with Crippen molar-refractivity contribution < 1.29 is 0 Å². The molecular weight excluding hydrogens is 707 g/mol. The van der Waals surface area contributed by atoms with E-state index in [1.165, 1.54) is 73.1 Å². The van der Waals surface area contributed by atoms with E-state index in [4.69, 9.17) is 9.98 Å². The number of hydrogen-bond donors (Lipinski definition) is 1. The molecule has 0 amide bonds. The molecule has 0 spiro atoms. The minimum Gasteiger partial charge on any atom is -0.345 e. The highest BCUT2D eigenvalue weighted by atomic mass is 15.2. The van der Waals surface area contributed by atoms with Crippen molar-refractivity contribution in [2.24, 2.45) is 33.7 Å². The predicted octanol–water partition coefficient (Wildman–Crippen LogP) is 11.7. The molecule has 2 aliphatic heterocycles. The molecule has 5 nitrogen and oxygen atoms in total. The Labute approximate surface area is 342 Å². The average molecular weight is 758 g/mol. The van der Waals surface area contributed by atoms with E-state index in [2.05, 4.69) is 148 Å². The Balaban J connectivity index is 0.894. The second kappa shape index (κ2) is 14.0. The summed E-state index contributed by atoms with van der Waals surface area (Å²) in [6, 6.07) is 21.4. The lowest BCUT2D eigenvalue weighted by atomic mass is 9.77. The minimum absolute atomic E-state index is 0.160. The summed E-state index contributed by atoms with van der Waals surface area (Å²) in [5.41, 5.74) is 12.5. The van der Waals surface area contributed by atoms with Gasteiger partial charge in [0.1, 0.15) is 11.7 Å². The van der Waals surface area contributed by atoms with Crippen LogP contribution in [-0.2, 0) is 12.8 Å². The van der Waals surface area contributed by atoms with Crippen molar-refractivity contribution in [1.29, 1.82) is 0 Å². The maximum atomic E-state index is 5.37. The van der Waals surface area contributed by atoms with Gasteiger partial charge in [0.15, 0.2) is 6.17 Å². The van der Waals surface area contributed by atoms with Crippen LogP contribution >= 0.6 is 0 Å². The number of allylic oxidation sites excluding steroid dienone is 10. The standard InChI is InChI=1S/C53H51N5/c1-3-15-35(16-4-1)51-54-52(36-17-5-2-6-18-36)56-53(55-51)38-19-13-20-40(30-38)57-47-24-11-10-23-44(47)46-32-39-31-41(28-26-37(39)33-49(46)57)58-48-25-12-9-22-43(48)45-29-27-34-14-7-8-21-42(34)50(45)58/h1,3,5,7-8,10,12-14,17-21,23,25-29,31,33,35,38,44,46-47,52H,2,4,6,9,11,15-16,22,24,30,32H2,(H,54,55,56). The monoisotopic (exact) mass is 757 g/mol. The molecule has 1 saturated heterocycles. The summed E-state index contributed by atoms with van der Waals surface area (Å²) in [4.78, 5) is 13.4. The lowest BCUT2D eigenvalue weighted by molar-refractivity contribution is 0.288. The molecule has 3 aromatic carbocycles. The average Bonchev–Trinajstić information content (AvgIpc) is 3.81. The van der Waals surface area contributed by atoms with Crippen LogP contribution in [0, 0.1) is 23.7 Å². The highest BCUT2D eigenvalue weighted by Gasteiger charge is 2.47. The van der Waals surface area contributed by atoms with Crippen LogP contribution in [-0.4, -0.2) is 33.3 Å². The smallest absolute Gasteiger partial charge is 0.168 e. The van der Waals surface area contributed by atoms with Gasteiger partial charge in [-0.2, -0.15) is 0 Å². The summed E-state index contributed by atoms with van der Waals surface area (Å²) in [5, 5.41) is 7.87. The molecular formula is C53H51N5. The van der Waals surface area contributed by atoms with E-state index >= 15 is 0 Å². The zero-order valence-electron chi connectivity index (χ0n) is 33.2. The Morgan fingerprint density at radius 1 is 0.759 bits per heavy atom. The van der Waals surface area contributed by atoms with Crippen molar-refractivity contribution in [2.45, 2.75) is 82.8 Å². The molecule has 3 heterocycles. The topological polar surface area (TPSA) is 44.9 Å². The molecule has 12 rings (SSSR count). The van der Waals surface area contributed by atoms with Gasteiger partial charge in [0.25, 0.3) is 0 Å². The third-order valence-corrected chi connectivity index (χ3v) is 14.3. The number of benzene rings is 3. The van der Waals surface area contributed by atoms with Gasteiger partial charge in [0.2, 0.25) is 0 Å². The second-order valence-corrected chi connectivity index (χ2v) is 17.7. The quantitative estimate of drug-likeness (QED) is 0.206. The van der Waals surface area contributed by atoms with Gasteiger partial charge < -0.3 is 14.8 Å². The number of fused-ring (bicyclic) bond motifs is 9. The van der Waals surface area contributed by atoms with E-state index < -0.39 is 0 Å². The third-order valence-electron chi connectivity index (χ3n) is 14.3. The van der Waals surface area contributed by atoms with Crippen LogP contribution in [0.5, 0.6) is 0 Å². The van der Waals surface area contributed by atoms with E-state index in [1.54, 1.807) is 0 Å². The van der Waals surface area contributed by atoms with Crippen molar-refractivity contribution in [1.82, 2.24) is 14.8 Å². The van der Waals surface area contributed by atoms with Crippen molar-refractivity contribution in [3.63, 3.8) is 0 Å². The SMILES string of the molecule is C1=CC(C2=NC(C3=CCCC=C3)N=C(C3CC=CCC3)N2)CC(N2C3=Cc4ccc(-n5c6c(c7ccc8ccccc8c75)CCC=C6)cc4CC3C3C=CCCC32)=C1. The van der Waals surface area contributed by atoms with Crippen molar-refractivity contribution >= 4 is 45.5 Å². The summed E-state index contributed by atoms with van der Waals surface area (Å²) in [6.07, 6.45) is 42.8. The number of rotatable bonds is 5. The molecule has 4 aromatic rings. The molecule has 8 aliphatic rings. The number of likely N-dealkylation sites (tertiary alicyclic amines) is 1. The Morgan fingerprint density at radius 2 is 1.69 bits per heavy atom. The number of hydrogen-bond acceptors (Lipinski definition) is 4. The first-order chi connectivity index (χ1) is 28.7. The molecule has 0 bridgehead atoms. The van der Waals surface area contributed by atoms with E-state index in [0.29, 0.717) is 23.8 Å². The van der Waals surface area contributed by atoms with Crippen molar-refractivity contribution in [3.8, 4) is 5.69 Å². The lowest BCUT2D eigenvalue weighted by Gasteiger charge is -2.37. The number of aromatic nitrogens is 1. The Hall–Kier alpha value is -5.68. The van der Waals surface area contributed by atoms with E-state index in [9.17, 15) is 0 Å². The molecule has 0 saturated carbocycles. The number of nitrogens with zero attached hydrogens (tertiary/aromatic N) is 4. The van der Waals surface area contributed by atoms with Gasteiger partial charge in [-0.3, -0.25) is 0 Å². The summed E-state index contributed by atoms with van der Waals surface area (Å²) < 4.78 is 2.57. The highest BCUT2D eigenvalue weighted by molar-refractivity contribution is 6.09. The normalized spacial score (nSPS) is 28.2. The van der Waals surface area contributed by atoms with E-state index in [0.717, 1.165) is 75.9 Å². The molecule has 288 valence electrons. The molecule has 6 aliphatic carbocycles. The Bertz CT molecular complexity index is 2680. The first-order valence-corrected chi connectivity index (χ1v) is 22.1. The fraction of sp³-hybridized carbons (Fsp3) is 0.321. The summed E-state index contributed by atoms with van der Waals surface area (Å²) in [6.45, 7) is 0. The molecule has 6 atom stereocenters. The molecule has 0 radical (unpaired) electrons. The van der Waals surface area contributed by atoms with Gasteiger partial charge in [-0.15, -0.1) is 0 Å². The van der Waals surface area contributed by atoms with Crippen LogP contribution in [0.1, 0.15) is 80.2 Å². The highest BCUT2D eigenvalue weighted by Crippen LogP contribution is 2.51. The second-order valence-electron chi connectivity index (χ2n) is 17.7. The van der Waals surface area contributed by atoms with Gasteiger partial charge in [0, 0.05) is 69.7 Å². The maximum absolute atomic E-state index is 5.37. The van der Waals surface area contributed by atoms with Crippen molar-refractivity contribution in [2.75, 3.05) is 0 Å². The van der Waals surface area contributed by atoms with Gasteiger partial charge in [0.05, 0.1) is 5.52 Å². The molecule has 1 fully saturated rings. The van der Waals surface area contributed by atoms with E-state index in [1.807, 2.05) is 0 Å². The zero-order chi connectivity index (χ0) is 38.2. The molecule has 58 heavy (non-hydrogen) atoms. The maximum Gasteiger partial charge on any atom is 0.168 e. The number of aryl methyl sites for hydroxylation is 1. The molecule has 5 heteroatoms. The Kier molecular flexibility index (Phi) is 8.30. The van der Waals surface area contributed by atoms with Gasteiger partial charge in [-0.05, 0) is 122 Å². The number of amidine groups is 2. The lowest BCUT2D eigenvalue weighted by Crippen LogP contribution is -2.45. The first-order valence-electron chi connectivity index (χ1n) is 22.1.